The lowest BCUT2D eigenvalue weighted by atomic mass is 10.7. The molecule has 1 rings (SSSR count). The fraction of sp³-hybridized carbons (Fsp3) is 0.500. The third-order valence-electron chi connectivity index (χ3n) is 0.978. The predicted octanol–water partition coefficient (Wildman–Crippen LogP) is 1.77. The summed E-state index contributed by atoms with van der Waals surface area (Å²) in [6.07, 6.45) is 1.01. The van der Waals surface area contributed by atoms with Crippen LogP contribution in [0.25, 0.3) is 0 Å². The van der Waals surface area contributed by atoms with E-state index in [1.54, 1.807) is 0 Å². The Morgan fingerprint density at radius 3 is 2.15 bits per heavy atom. The molecule has 0 spiro atoms. The molecule has 0 aliphatic rings. The quantitative estimate of drug-likeness (QED) is 0.736. The third kappa shape index (κ3) is 2.92. The van der Waals surface area contributed by atoms with E-state index in [-0.39, 0.29) is 10.2 Å². The number of rotatable bonds is 1. The molecule has 0 aromatic carbocycles. The summed E-state index contributed by atoms with van der Waals surface area (Å²) in [6, 6.07) is 0. The molecular weight excluding hydrogens is 279 g/mol. The first-order valence-corrected chi connectivity index (χ1v) is 6.62. The Balaban J connectivity index is 3.16. The van der Waals surface area contributed by atoms with E-state index < -0.39 is 13.6 Å². The van der Waals surface area contributed by atoms with Gasteiger partial charge in [-0.05, 0) is 11.5 Å². The second kappa shape index (κ2) is 3.51. The molecule has 74 valence electrons. The van der Waals surface area contributed by atoms with Crippen molar-refractivity contribution in [3.8, 4) is 0 Å². The van der Waals surface area contributed by atoms with Crippen LogP contribution in [0.15, 0.2) is 4.34 Å². The summed E-state index contributed by atoms with van der Waals surface area (Å²) in [4.78, 5) is 3.58. The number of nitrogens with zero attached hydrogens (tertiary/aromatic N) is 2. The summed E-state index contributed by atoms with van der Waals surface area (Å²) >= 11 is 17.0. The molecular formula is C4H3Cl3N2O2S2. The lowest BCUT2D eigenvalue weighted by Gasteiger charge is -2.02. The second-order valence-corrected chi connectivity index (χ2v) is 7.38. The van der Waals surface area contributed by atoms with Crippen LogP contribution in [0.4, 0.5) is 0 Å². The van der Waals surface area contributed by atoms with Crippen molar-refractivity contribution < 1.29 is 8.42 Å². The van der Waals surface area contributed by atoms with Gasteiger partial charge in [-0.1, -0.05) is 34.8 Å². The van der Waals surface area contributed by atoms with E-state index >= 15 is 0 Å². The van der Waals surface area contributed by atoms with Crippen LogP contribution >= 0.6 is 46.3 Å². The summed E-state index contributed by atoms with van der Waals surface area (Å²) in [6.45, 7) is 0. The zero-order chi connectivity index (χ0) is 10.3. The van der Waals surface area contributed by atoms with Gasteiger partial charge in [-0.3, -0.25) is 0 Å². The Hall–Kier alpha value is 0.380. The van der Waals surface area contributed by atoms with Crippen LogP contribution in [0.3, 0.4) is 0 Å². The molecule has 1 aromatic rings. The van der Waals surface area contributed by atoms with Gasteiger partial charge in [-0.15, -0.1) is 0 Å². The van der Waals surface area contributed by atoms with Crippen LogP contribution in [-0.2, 0) is 13.6 Å². The van der Waals surface area contributed by atoms with E-state index in [1.165, 1.54) is 0 Å². The van der Waals surface area contributed by atoms with Crippen LogP contribution < -0.4 is 0 Å². The Kier molecular flexibility index (Phi) is 3.09. The molecule has 0 aliphatic heterocycles. The molecule has 0 saturated carbocycles. The van der Waals surface area contributed by atoms with E-state index in [1.807, 2.05) is 0 Å². The van der Waals surface area contributed by atoms with E-state index in [4.69, 9.17) is 34.8 Å². The zero-order valence-corrected chi connectivity index (χ0v) is 10.1. The normalized spacial score (nSPS) is 13.2. The molecule has 4 nitrogen and oxygen atoms in total. The lowest BCUT2D eigenvalue weighted by molar-refractivity contribution is 0.600. The number of hydrogen-bond donors (Lipinski definition) is 0. The first kappa shape index (κ1) is 11.5. The third-order valence-corrected chi connectivity index (χ3v) is 3.85. The fourth-order valence-corrected chi connectivity index (χ4v) is 2.25. The predicted molar refractivity (Wildman–Crippen MR) is 52.3 cm³/mol. The molecule has 0 atom stereocenters. The number of hydrogen-bond acceptors (Lipinski definition) is 5. The minimum atomic E-state index is -3.37. The highest BCUT2D eigenvalue weighted by Crippen LogP contribution is 2.37. The van der Waals surface area contributed by atoms with Crippen molar-refractivity contribution in [1.82, 2.24) is 9.36 Å². The number of halogens is 3. The maximum absolute atomic E-state index is 11.0. The largest absolute Gasteiger partial charge is 0.251 e. The average Bonchev–Trinajstić information content (AvgIpc) is 2.28. The zero-order valence-electron chi connectivity index (χ0n) is 6.16. The number of sulfone groups is 1. The highest BCUT2D eigenvalue weighted by Gasteiger charge is 2.29. The molecule has 0 radical (unpaired) electrons. The van der Waals surface area contributed by atoms with Gasteiger partial charge >= 0.3 is 0 Å². The standard InChI is InChI=1S/C4H3Cl3N2O2S2/c1-13(10,11)3-8-2(9-12-3)4(5,6)7/h1H3. The van der Waals surface area contributed by atoms with Crippen molar-refractivity contribution in [2.24, 2.45) is 0 Å². The van der Waals surface area contributed by atoms with Gasteiger partial charge in [0.15, 0.2) is 5.82 Å². The molecule has 0 N–H and O–H groups in total. The second-order valence-electron chi connectivity index (χ2n) is 2.15. The molecule has 9 heteroatoms. The van der Waals surface area contributed by atoms with Crippen molar-refractivity contribution in [2.45, 2.75) is 8.13 Å². The van der Waals surface area contributed by atoms with Gasteiger partial charge in [-0.2, -0.15) is 4.37 Å². The molecule has 0 unspecified atom stereocenters. The average molecular weight is 282 g/mol. The minimum absolute atomic E-state index is 0.122. The summed E-state index contributed by atoms with van der Waals surface area (Å²) in [5.41, 5.74) is 0. The van der Waals surface area contributed by atoms with E-state index in [2.05, 4.69) is 9.36 Å². The van der Waals surface area contributed by atoms with Crippen molar-refractivity contribution >= 4 is 56.2 Å². The highest BCUT2D eigenvalue weighted by atomic mass is 35.6. The van der Waals surface area contributed by atoms with Crippen LogP contribution in [0.1, 0.15) is 5.82 Å². The minimum Gasteiger partial charge on any atom is -0.221 e. The van der Waals surface area contributed by atoms with Gasteiger partial charge in [0, 0.05) is 6.26 Å². The molecule has 0 fully saturated rings. The van der Waals surface area contributed by atoms with Crippen LogP contribution in [-0.4, -0.2) is 24.0 Å². The first-order valence-electron chi connectivity index (χ1n) is 2.82. The highest BCUT2D eigenvalue weighted by molar-refractivity contribution is 7.92. The van der Waals surface area contributed by atoms with Crippen molar-refractivity contribution in [3.05, 3.63) is 5.82 Å². The maximum atomic E-state index is 11.0. The Bertz CT molecular complexity index is 407. The monoisotopic (exact) mass is 280 g/mol. The Morgan fingerprint density at radius 2 is 1.92 bits per heavy atom. The molecule has 1 heterocycles. The molecule has 13 heavy (non-hydrogen) atoms. The van der Waals surface area contributed by atoms with E-state index in [9.17, 15) is 8.42 Å². The number of alkyl halides is 3. The summed E-state index contributed by atoms with van der Waals surface area (Å²) in [5, 5.41) is 0. The van der Waals surface area contributed by atoms with E-state index in [0.717, 1.165) is 6.26 Å². The van der Waals surface area contributed by atoms with Crippen LogP contribution in [0, 0.1) is 0 Å². The van der Waals surface area contributed by atoms with Crippen LogP contribution in [0.5, 0.6) is 0 Å². The summed E-state index contributed by atoms with van der Waals surface area (Å²) in [5.74, 6) is -0.122. The smallest absolute Gasteiger partial charge is 0.221 e. The van der Waals surface area contributed by atoms with Gasteiger partial charge in [0.2, 0.25) is 14.2 Å². The van der Waals surface area contributed by atoms with E-state index in [0.29, 0.717) is 11.5 Å². The van der Waals surface area contributed by atoms with Crippen molar-refractivity contribution in [3.63, 3.8) is 0 Å². The van der Waals surface area contributed by atoms with Gasteiger partial charge in [0.1, 0.15) is 0 Å². The molecule has 0 aliphatic carbocycles. The van der Waals surface area contributed by atoms with Crippen LogP contribution in [0.2, 0.25) is 0 Å². The van der Waals surface area contributed by atoms with Gasteiger partial charge in [0.05, 0.1) is 0 Å². The van der Waals surface area contributed by atoms with Gasteiger partial charge in [-0.25, -0.2) is 13.4 Å². The number of aromatic nitrogens is 2. The summed E-state index contributed by atoms with van der Waals surface area (Å²) < 4.78 is 23.6. The topological polar surface area (TPSA) is 59.9 Å². The van der Waals surface area contributed by atoms with Gasteiger partial charge in [0.25, 0.3) is 3.79 Å². The van der Waals surface area contributed by atoms with Crippen molar-refractivity contribution in [1.29, 1.82) is 0 Å². The Labute approximate surface area is 93.9 Å². The molecule has 0 bridgehead atoms. The molecule has 0 saturated heterocycles. The Morgan fingerprint density at radius 1 is 1.38 bits per heavy atom. The SMILES string of the molecule is CS(=O)(=O)c1nc(C(Cl)(Cl)Cl)ns1. The van der Waals surface area contributed by atoms with Crippen molar-refractivity contribution in [2.75, 3.05) is 6.26 Å². The first-order chi connectivity index (χ1) is 5.71. The lowest BCUT2D eigenvalue weighted by Crippen LogP contribution is -2.04. The molecule has 0 amide bonds. The maximum Gasteiger partial charge on any atom is 0.251 e. The van der Waals surface area contributed by atoms with Gasteiger partial charge < -0.3 is 0 Å². The molecule has 1 aromatic heterocycles. The summed E-state index contributed by atoms with van der Waals surface area (Å²) in [7, 11) is -3.37. The fourth-order valence-electron chi connectivity index (χ4n) is 0.475.